The molecule has 4 heteroatoms. The van der Waals surface area contributed by atoms with Crippen molar-refractivity contribution in [3.8, 4) is 0 Å². The molecule has 1 saturated heterocycles. The smallest absolute Gasteiger partial charge is 0.210 e. The molecule has 4 nitrogen and oxygen atoms in total. The second-order valence-electron chi connectivity index (χ2n) is 6.35. The number of aromatic amines is 1. The average molecular weight is 320 g/mol. The van der Waals surface area contributed by atoms with Crippen molar-refractivity contribution in [2.45, 2.75) is 12.5 Å². The fraction of sp³-hybridized carbons (Fsp3) is 0.250. The molecule has 1 aliphatic heterocycles. The Hall–Kier alpha value is -2.59. The van der Waals surface area contributed by atoms with E-state index in [-0.39, 0.29) is 0 Å². The summed E-state index contributed by atoms with van der Waals surface area (Å²) in [6.45, 7) is 3.65. The Morgan fingerprint density at radius 2 is 1.96 bits per heavy atom. The van der Waals surface area contributed by atoms with E-state index in [9.17, 15) is 4.79 Å². The number of fused-ring (bicyclic) bond motifs is 1. The number of nitrogens with zero attached hydrogens (tertiary/aromatic N) is 1. The molecule has 0 aliphatic carbocycles. The largest absolute Gasteiger partial charge is 0.376 e. The fourth-order valence-electron chi connectivity index (χ4n) is 3.56. The molecule has 4 rings (SSSR count). The minimum Gasteiger partial charge on any atom is -0.376 e. The summed E-state index contributed by atoms with van der Waals surface area (Å²) in [7, 11) is 0. The van der Waals surface area contributed by atoms with E-state index in [0.717, 1.165) is 28.6 Å². The molecular formula is C20H20N2O2. The summed E-state index contributed by atoms with van der Waals surface area (Å²) in [5.74, 6) is 0. The second kappa shape index (κ2) is 5.80. The first-order valence-electron chi connectivity index (χ1n) is 8.19. The van der Waals surface area contributed by atoms with Crippen LogP contribution >= 0.6 is 0 Å². The summed E-state index contributed by atoms with van der Waals surface area (Å²) in [5.41, 5.74) is 3.69. The van der Waals surface area contributed by atoms with Gasteiger partial charge in [-0.05, 0) is 30.0 Å². The van der Waals surface area contributed by atoms with Gasteiger partial charge in [0.2, 0.25) is 6.41 Å². The third-order valence-electron chi connectivity index (χ3n) is 4.91. The highest BCUT2D eigenvalue weighted by molar-refractivity contribution is 5.81. The van der Waals surface area contributed by atoms with Crippen molar-refractivity contribution in [3.63, 3.8) is 0 Å². The van der Waals surface area contributed by atoms with Crippen LogP contribution in [0, 0.1) is 6.92 Å². The Kier molecular flexibility index (Phi) is 3.62. The number of aryl methyl sites for hydroxylation is 1. The van der Waals surface area contributed by atoms with Crippen molar-refractivity contribution in [1.29, 1.82) is 0 Å². The number of carbonyl (C=O) groups excluding carboxylic acids is 1. The van der Waals surface area contributed by atoms with E-state index in [1.807, 2.05) is 17.0 Å². The molecule has 2 heterocycles. The van der Waals surface area contributed by atoms with Crippen LogP contribution in [-0.2, 0) is 15.1 Å². The lowest BCUT2D eigenvalue weighted by atomic mass is 9.84. The molecule has 1 N–H and O–H groups in total. The van der Waals surface area contributed by atoms with E-state index in [1.54, 1.807) is 0 Å². The average Bonchev–Trinajstić information content (AvgIpc) is 3.06. The molecule has 1 aliphatic rings. The molecule has 24 heavy (non-hydrogen) atoms. The number of hydrogen-bond donors (Lipinski definition) is 1. The van der Waals surface area contributed by atoms with Gasteiger partial charge in [-0.2, -0.15) is 0 Å². The number of benzene rings is 2. The van der Waals surface area contributed by atoms with Gasteiger partial charge < -0.3 is 14.6 Å². The zero-order chi connectivity index (χ0) is 16.6. The number of nitrogens with one attached hydrogen (secondary N) is 1. The number of carbonyl (C=O) groups is 1. The van der Waals surface area contributed by atoms with Gasteiger partial charge in [0.25, 0.3) is 0 Å². The topological polar surface area (TPSA) is 45.3 Å². The standard InChI is InChI=1S/C20H20N2O2/c1-15-6-8-17(9-7-15)20(13-24-11-10-22(20)14-23)19-12-16-4-2-3-5-18(16)21-19/h2-9,12,14,21H,10-11,13H2,1H3. The molecule has 0 radical (unpaired) electrons. The van der Waals surface area contributed by atoms with Crippen LogP contribution in [0.15, 0.2) is 54.6 Å². The van der Waals surface area contributed by atoms with Crippen molar-refractivity contribution in [1.82, 2.24) is 9.88 Å². The lowest BCUT2D eigenvalue weighted by Gasteiger charge is -2.45. The first-order valence-corrected chi connectivity index (χ1v) is 8.19. The molecule has 1 fully saturated rings. The SMILES string of the molecule is Cc1ccc(C2(c3cc4ccccc4[nH]3)COCCN2C=O)cc1. The van der Waals surface area contributed by atoms with Gasteiger partial charge in [0.15, 0.2) is 0 Å². The minimum absolute atomic E-state index is 0.446. The number of amides is 1. The summed E-state index contributed by atoms with van der Waals surface area (Å²) in [6.07, 6.45) is 0.938. The van der Waals surface area contributed by atoms with E-state index in [1.165, 1.54) is 5.56 Å². The first-order chi connectivity index (χ1) is 11.7. The maximum Gasteiger partial charge on any atom is 0.210 e. The molecule has 0 spiro atoms. The highest BCUT2D eigenvalue weighted by Gasteiger charge is 2.43. The lowest BCUT2D eigenvalue weighted by Crippen LogP contribution is -2.54. The number of ether oxygens (including phenoxy) is 1. The first kappa shape index (κ1) is 15.0. The number of aromatic nitrogens is 1. The predicted molar refractivity (Wildman–Crippen MR) is 93.8 cm³/mol. The Labute approximate surface area is 141 Å². The van der Waals surface area contributed by atoms with Crippen molar-refractivity contribution >= 4 is 17.3 Å². The van der Waals surface area contributed by atoms with E-state index >= 15 is 0 Å². The van der Waals surface area contributed by atoms with E-state index in [4.69, 9.17) is 4.74 Å². The maximum absolute atomic E-state index is 11.9. The quantitative estimate of drug-likeness (QED) is 0.753. The molecule has 1 aromatic heterocycles. The number of rotatable bonds is 3. The van der Waals surface area contributed by atoms with Gasteiger partial charge in [-0.3, -0.25) is 4.79 Å². The van der Waals surface area contributed by atoms with Crippen LogP contribution in [0.3, 0.4) is 0 Å². The highest BCUT2D eigenvalue weighted by atomic mass is 16.5. The Bertz CT molecular complexity index is 836. The third-order valence-corrected chi connectivity index (χ3v) is 4.91. The van der Waals surface area contributed by atoms with Crippen molar-refractivity contribution < 1.29 is 9.53 Å². The molecule has 3 aromatic rings. The molecular weight excluding hydrogens is 300 g/mol. The second-order valence-corrected chi connectivity index (χ2v) is 6.35. The normalized spacial score (nSPS) is 21.1. The molecule has 122 valence electrons. The Balaban J connectivity index is 1.95. The van der Waals surface area contributed by atoms with Gasteiger partial charge in [0.05, 0.1) is 13.2 Å². The van der Waals surface area contributed by atoms with Gasteiger partial charge >= 0.3 is 0 Å². The predicted octanol–water partition coefficient (Wildman–Crippen LogP) is 3.21. The summed E-state index contributed by atoms with van der Waals surface area (Å²) in [4.78, 5) is 17.2. The lowest BCUT2D eigenvalue weighted by molar-refractivity contribution is -0.133. The number of H-pyrrole nitrogens is 1. The minimum atomic E-state index is -0.618. The fourth-order valence-corrected chi connectivity index (χ4v) is 3.56. The van der Waals surface area contributed by atoms with Crippen molar-refractivity contribution in [2.24, 2.45) is 0 Å². The molecule has 2 aromatic carbocycles. The summed E-state index contributed by atoms with van der Waals surface area (Å²) >= 11 is 0. The number of para-hydroxylation sites is 1. The molecule has 1 unspecified atom stereocenters. The summed E-state index contributed by atoms with van der Waals surface area (Å²) in [6, 6.07) is 18.6. The summed E-state index contributed by atoms with van der Waals surface area (Å²) < 4.78 is 5.83. The molecule has 1 amide bonds. The van der Waals surface area contributed by atoms with Gasteiger partial charge in [-0.15, -0.1) is 0 Å². The van der Waals surface area contributed by atoms with Crippen LogP contribution < -0.4 is 0 Å². The van der Waals surface area contributed by atoms with E-state index in [0.29, 0.717) is 19.8 Å². The van der Waals surface area contributed by atoms with Gasteiger partial charge in [-0.25, -0.2) is 0 Å². The number of hydrogen-bond acceptors (Lipinski definition) is 2. The Morgan fingerprint density at radius 3 is 2.71 bits per heavy atom. The Morgan fingerprint density at radius 1 is 1.17 bits per heavy atom. The monoisotopic (exact) mass is 320 g/mol. The van der Waals surface area contributed by atoms with Gasteiger partial charge in [-0.1, -0.05) is 48.0 Å². The van der Waals surface area contributed by atoms with Crippen molar-refractivity contribution in [2.75, 3.05) is 19.8 Å². The number of morpholine rings is 1. The maximum atomic E-state index is 11.9. The van der Waals surface area contributed by atoms with Gasteiger partial charge in [0, 0.05) is 17.8 Å². The van der Waals surface area contributed by atoms with Gasteiger partial charge in [0.1, 0.15) is 5.54 Å². The zero-order valence-electron chi connectivity index (χ0n) is 13.7. The van der Waals surface area contributed by atoms with Crippen LogP contribution in [0.1, 0.15) is 16.8 Å². The van der Waals surface area contributed by atoms with Crippen LogP contribution in [0.2, 0.25) is 0 Å². The van der Waals surface area contributed by atoms with Crippen molar-refractivity contribution in [3.05, 3.63) is 71.4 Å². The van der Waals surface area contributed by atoms with E-state index in [2.05, 4.69) is 54.4 Å². The molecule has 0 saturated carbocycles. The third kappa shape index (κ3) is 2.22. The van der Waals surface area contributed by atoms with E-state index < -0.39 is 5.54 Å². The van der Waals surface area contributed by atoms with Crippen LogP contribution in [-0.4, -0.2) is 36.1 Å². The van der Waals surface area contributed by atoms with Crippen LogP contribution in [0.4, 0.5) is 0 Å². The highest BCUT2D eigenvalue weighted by Crippen LogP contribution is 2.38. The summed E-state index contributed by atoms with van der Waals surface area (Å²) in [5, 5.41) is 1.13. The zero-order valence-corrected chi connectivity index (χ0v) is 13.7. The molecule has 1 atom stereocenters. The van der Waals surface area contributed by atoms with Crippen LogP contribution in [0.25, 0.3) is 10.9 Å². The van der Waals surface area contributed by atoms with Crippen LogP contribution in [0.5, 0.6) is 0 Å². The molecule has 0 bridgehead atoms.